The van der Waals surface area contributed by atoms with Crippen molar-refractivity contribution in [3.8, 4) is 0 Å². The molecule has 1 rings (SSSR count). The summed E-state index contributed by atoms with van der Waals surface area (Å²) in [4.78, 5) is 0. The van der Waals surface area contributed by atoms with Crippen molar-refractivity contribution >= 4 is 43.2 Å². The third kappa shape index (κ3) is 3.81. The SMILES string of the molecule is CNC(c1cc(Br)sc1Br)C(C)CCOC. The quantitative estimate of drug-likeness (QED) is 0.809. The van der Waals surface area contributed by atoms with E-state index in [1.54, 1.807) is 18.4 Å². The van der Waals surface area contributed by atoms with Gasteiger partial charge >= 0.3 is 0 Å². The third-order valence-corrected chi connectivity index (χ3v) is 5.06. The third-order valence-electron chi connectivity index (χ3n) is 2.68. The maximum absolute atomic E-state index is 5.13. The fraction of sp³-hybridized carbons (Fsp3) is 0.636. The first-order valence-corrected chi connectivity index (χ1v) is 7.61. The second kappa shape index (κ2) is 7.11. The lowest BCUT2D eigenvalue weighted by Crippen LogP contribution is -2.24. The van der Waals surface area contributed by atoms with Gasteiger partial charge in [0.1, 0.15) is 0 Å². The Hall–Kier alpha value is 0.580. The Labute approximate surface area is 118 Å². The van der Waals surface area contributed by atoms with E-state index in [0.29, 0.717) is 12.0 Å². The Bertz CT molecular complexity index is 330. The molecule has 1 aromatic rings. The van der Waals surface area contributed by atoms with Crippen molar-refractivity contribution in [3.63, 3.8) is 0 Å². The van der Waals surface area contributed by atoms with Crippen molar-refractivity contribution in [2.24, 2.45) is 5.92 Å². The van der Waals surface area contributed by atoms with Gasteiger partial charge in [0.2, 0.25) is 0 Å². The van der Waals surface area contributed by atoms with Gasteiger partial charge in [-0.25, -0.2) is 0 Å². The van der Waals surface area contributed by atoms with Gasteiger partial charge in [-0.2, -0.15) is 0 Å². The van der Waals surface area contributed by atoms with Gasteiger partial charge in [0, 0.05) is 19.8 Å². The molecule has 92 valence electrons. The lowest BCUT2D eigenvalue weighted by atomic mass is 9.94. The molecule has 0 bridgehead atoms. The molecule has 0 aromatic carbocycles. The lowest BCUT2D eigenvalue weighted by Gasteiger charge is -2.23. The van der Waals surface area contributed by atoms with Crippen LogP contribution in [-0.2, 0) is 4.74 Å². The Kier molecular flexibility index (Phi) is 6.51. The monoisotopic (exact) mass is 369 g/mol. The minimum absolute atomic E-state index is 0.368. The number of hydrogen-bond donors (Lipinski definition) is 1. The molecule has 0 fully saturated rings. The summed E-state index contributed by atoms with van der Waals surface area (Å²) >= 11 is 8.85. The average molecular weight is 371 g/mol. The Morgan fingerprint density at radius 2 is 2.19 bits per heavy atom. The zero-order valence-electron chi connectivity index (χ0n) is 9.72. The van der Waals surface area contributed by atoms with Crippen LogP contribution in [0.1, 0.15) is 24.9 Å². The number of nitrogens with one attached hydrogen (secondary N) is 1. The minimum Gasteiger partial charge on any atom is -0.385 e. The Balaban J connectivity index is 2.77. The molecular weight excluding hydrogens is 354 g/mol. The van der Waals surface area contributed by atoms with E-state index in [1.807, 2.05) is 7.05 Å². The fourth-order valence-corrected chi connectivity index (χ4v) is 4.71. The number of hydrogen-bond acceptors (Lipinski definition) is 3. The molecule has 1 heterocycles. The molecular formula is C11H17Br2NOS. The van der Waals surface area contributed by atoms with Crippen LogP contribution in [0.15, 0.2) is 13.6 Å². The van der Waals surface area contributed by atoms with Crippen LogP contribution in [0.5, 0.6) is 0 Å². The molecule has 2 unspecified atom stereocenters. The molecule has 0 aliphatic carbocycles. The van der Waals surface area contributed by atoms with Crippen LogP contribution in [0.2, 0.25) is 0 Å². The van der Waals surface area contributed by atoms with E-state index in [0.717, 1.165) is 16.8 Å². The van der Waals surface area contributed by atoms with E-state index in [2.05, 4.69) is 50.2 Å². The highest BCUT2D eigenvalue weighted by atomic mass is 79.9. The van der Waals surface area contributed by atoms with Crippen molar-refractivity contribution in [2.75, 3.05) is 20.8 Å². The zero-order chi connectivity index (χ0) is 12.1. The molecule has 5 heteroatoms. The first kappa shape index (κ1) is 14.6. The smallest absolute Gasteiger partial charge is 0.0758 e. The van der Waals surface area contributed by atoms with Gasteiger partial charge in [-0.3, -0.25) is 0 Å². The summed E-state index contributed by atoms with van der Waals surface area (Å²) in [6.45, 7) is 3.06. The maximum Gasteiger partial charge on any atom is 0.0758 e. The summed E-state index contributed by atoms with van der Waals surface area (Å²) in [5, 5.41) is 3.38. The molecule has 16 heavy (non-hydrogen) atoms. The molecule has 1 N–H and O–H groups in total. The fourth-order valence-electron chi connectivity index (χ4n) is 1.78. The van der Waals surface area contributed by atoms with Crippen LogP contribution in [0.4, 0.5) is 0 Å². The minimum atomic E-state index is 0.368. The van der Waals surface area contributed by atoms with E-state index in [4.69, 9.17) is 4.74 Å². The zero-order valence-corrected chi connectivity index (χ0v) is 13.7. The molecule has 2 nitrogen and oxygen atoms in total. The van der Waals surface area contributed by atoms with E-state index >= 15 is 0 Å². The molecule has 1 aromatic heterocycles. The molecule has 0 saturated carbocycles. The van der Waals surface area contributed by atoms with E-state index in [1.165, 1.54) is 9.35 Å². The first-order chi connectivity index (χ1) is 7.60. The summed E-state index contributed by atoms with van der Waals surface area (Å²) in [5.74, 6) is 0.544. The Morgan fingerprint density at radius 1 is 1.50 bits per heavy atom. The number of halogens is 2. The van der Waals surface area contributed by atoms with Gasteiger partial charge < -0.3 is 10.1 Å². The van der Waals surface area contributed by atoms with Gasteiger partial charge in [0.25, 0.3) is 0 Å². The highest BCUT2D eigenvalue weighted by Crippen LogP contribution is 2.38. The van der Waals surface area contributed by atoms with E-state index < -0.39 is 0 Å². The average Bonchev–Trinajstić information content (AvgIpc) is 2.56. The lowest BCUT2D eigenvalue weighted by molar-refractivity contribution is 0.171. The predicted octanol–water partition coefficient (Wildman–Crippen LogP) is 4.21. The molecule has 0 amide bonds. The molecule has 2 atom stereocenters. The topological polar surface area (TPSA) is 21.3 Å². The number of ether oxygens (including phenoxy) is 1. The Morgan fingerprint density at radius 3 is 2.62 bits per heavy atom. The van der Waals surface area contributed by atoms with Crippen molar-refractivity contribution < 1.29 is 4.74 Å². The molecule has 0 spiro atoms. The molecule has 0 saturated heterocycles. The summed E-state index contributed by atoms with van der Waals surface area (Å²) in [5.41, 5.74) is 1.32. The first-order valence-electron chi connectivity index (χ1n) is 5.21. The molecule has 0 aliphatic rings. The summed E-state index contributed by atoms with van der Waals surface area (Å²) in [6, 6.07) is 2.55. The highest BCUT2D eigenvalue weighted by molar-refractivity contribution is 9.12. The summed E-state index contributed by atoms with van der Waals surface area (Å²) < 4.78 is 7.49. The largest absolute Gasteiger partial charge is 0.385 e. The number of rotatable bonds is 6. The standard InChI is InChI=1S/C11H17Br2NOS/c1-7(4-5-15-3)10(14-2)8-6-9(12)16-11(8)13/h6-7,10,14H,4-5H2,1-3H3. The highest BCUT2D eigenvalue weighted by Gasteiger charge is 2.21. The predicted molar refractivity (Wildman–Crippen MR) is 77.2 cm³/mol. The maximum atomic E-state index is 5.13. The van der Waals surface area contributed by atoms with Gasteiger partial charge in [0.05, 0.1) is 7.57 Å². The van der Waals surface area contributed by atoms with Gasteiger partial charge in [-0.05, 0) is 62.9 Å². The van der Waals surface area contributed by atoms with Gasteiger partial charge in [-0.1, -0.05) is 6.92 Å². The number of methoxy groups -OCH3 is 1. The number of thiophene rings is 1. The van der Waals surface area contributed by atoms with E-state index in [9.17, 15) is 0 Å². The van der Waals surface area contributed by atoms with Gasteiger partial charge in [-0.15, -0.1) is 11.3 Å². The van der Waals surface area contributed by atoms with E-state index in [-0.39, 0.29) is 0 Å². The van der Waals surface area contributed by atoms with Crippen molar-refractivity contribution in [1.82, 2.24) is 5.32 Å². The second-order valence-corrected chi connectivity index (χ2v) is 7.55. The van der Waals surface area contributed by atoms with Crippen LogP contribution < -0.4 is 5.32 Å². The normalized spacial score (nSPS) is 15.1. The van der Waals surface area contributed by atoms with Crippen LogP contribution >= 0.6 is 43.2 Å². The van der Waals surface area contributed by atoms with Crippen molar-refractivity contribution in [1.29, 1.82) is 0 Å². The summed E-state index contributed by atoms with van der Waals surface area (Å²) in [7, 11) is 3.75. The van der Waals surface area contributed by atoms with Crippen LogP contribution in [-0.4, -0.2) is 20.8 Å². The van der Waals surface area contributed by atoms with Crippen molar-refractivity contribution in [3.05, 3.63) is 19.2 Å². The summed E-state index contributed by atoms with van der Waals surface area (Å²) in [6.07, 6.45) is 1.06. The molecule has 0 aliphatic heterocycles. The van der Waals surface area contributed by atoms with Gasteiger partial charge in [0.15, 0.2) is 0 Å². The van der Waals surface area contributed by atoms with Crippen LogP contribution in [0.25, 0.3) is 0 Å². The molecule has 0 radical (unpaired) electrons. The van der Waals surface area contributed by atoms with Crippen LogP contribution in [0.3, 0.4) is 0 Å². The van der Waals surface area contributed by atoms with Crippen LogP contribution in [0, 0.1) is 5.92 Å². The second-order valence-electron chi connectivity index (χ2n) is 3.80. The van der Waals surface area contributed by atoms with Crippen molar-refractivity contribution in [2.45, 2.75) is 19.4 Å².